The van der Waals surface area contributed by atoms with Gasteiger partial charge in [0.1, 0.15) is 21.7 Å². The van der Waals surface area contributed by atoms with Crippen molar-refractivity contribution < 1.29 is 19.0 Å². The largest absolute Gasteiger partial charge is 0.497 e. The van der Waals surface area contributed by atoms with Gasteiger partial charge in [-0.1, -0.05) is 12.1 Å². The maximum absolute atomic E-state index is 12.9. The molecule has 1 atom stereocenters. The number of carbonyl (C=O) groups is 1. The van der Waals surface area contributed by atoms with Crippen molar-refractivity contribution in [2.75, 3.05) is 41.0 Å². The van der Waals surface area contributed by atoms with E-state index in [1.54, 1.807) is 33.5 Å². The van der Waals surface area contributed by atoms with Crippen LogP contribution >= 0.6 is 15.9 Å². The zero-order chi connectivity index (χ0) is 20.8. The van der Waals surface area contributed by atoms with E-state index in [-0.39, 0.29) is 11.9 Å². The zero-order valence-corrected chi connectivity index (χ0v) is 18.6. The van der Waals surface area contributed by atoms with Gasteiger partial charge in [0.25, 0.3) is 5.91 Å². The fraction of sp³-hybridized carbons (Fsp3) is 0.409. The van der Waals surface area contributed by atoms with E-state index in [1.807, 2.05) is 18.2 Å². The first-order valence-electron chi connectivity index (χ1n) is 9.65. The van der Waals surface area contributed by atoms with Gasteiger partial charge in [0, 0.05) is 12.1 Å². The fourth-order valence-corrected chi connectivity index (χ4v) is 4.20. The summed E-state index contributed by atoms with van der Waals surface area (Å²) in [5, 5.41) is 3.09. The summed E-state index contributed by atoms with van der Waals surface area (Å²) in [6.45, 7) is 2.56. The van der Waals surface area contributed by atoms with E-state index in [0.717, 1.165) is 24.4 Å². The number of nitrogens with zero attached hydrogens (tertiary/aromatic N) is 1. The Bertz CT molecular complexity index is 827. The van der Waals surface area contributed by atoms with Crippen molar-refractivity contribution >= 4 is 21.8 Å². The molecule has 2 aromatic carbocycles. The molecule has 1 unspecified atom stereocenters. The van der Waals surface area contributed by atoms with Gasteiger partial charge in [-0.2, -0.15) is 0 Å². The molecule has 0 saturated carbocycles. The van der Waals surface area contributed by atoms with Crippen molar-refractivity contribution in [1.29, 1.82) is 0 Å². The van der Waals surface area contributed by atoms with Crippen LogP contribution in [0, 0.1) is 0 Å². The summed E-state index contributed by atoms with van der Waals surface area (Å²) in [7, 11) is 4.79. The average Bonchev–Trinajstić information content (AvgIpc) is 3.28. The number of rotatable bonds is 8. The minimum atomic E-state index is -0.166. The quantitative estimate of drug-likeness (QED) is 0.641. The van der Waals surface area contributed by atoms with Crippen molar-refractivity contribution in [3.05, 3.63) is 52.0 Å². The minimum Gasteiger partial charge on any atom is -0.497 e. The molecule has 1 fully saturated rings. The van der Waals surface area contributed by atoms with E-state index in [0.29, 0.717) is 28.1 Å². The SMILES string of the molecule is COc1cccc(C(CNC(=O)c2cc(OC)c(Br)c(OC)c2)N2CCCC2)c1. The number of benzene rings is 2. The third kappa shape index (κ3) is 5.03. The molecule has 7 heteroatoms. The summed E-state index contributed by atoms with van der Waals surface area (Å²) in [6, 6.07) is 11.6. The first-order valence-corrected chi connectivity index (χ1v) is 10.4. The van der Waals surface area contributed by atoms with Crippen LogP contribution in [-0.2, 0) is 0 Å². The summed E-state index contributed by atoms with van der Waals surface area (Å²) >= 11 is 3.44. The maximum Gasteiger partial charge on any atom is 0.251 e. The van der Waals surface area contributed by atoms with Gasteiger partial charge in [-0.15, -0.1) is 0 Å². The molecule has 0 radical (unpaired) electrons. The summed E-state index contributed by atoms with van der Waals surface area (Å²) in [5.41, 5.74) is 1.63. The Morgan fingerprint density at radius 1 is 1.07 bits per heavy atom. The Kier molecular flexibility index (Phi) is 7.39. The van der Waals surface area contributed by atoms with Crippen molar-refractivity contribution in [2.24, 2.45) is 0 Å². The molecule has 29 heavy (non-hydrogen) atoms. The Morgan fingerprint density at radius 2 is 1.72 bits per heavy atom. The fourth-order valence-electron chi connectivity index (χ4n) is 3.65. The minimum absolute atomic E-state index is 0.0933. The highest BCUT2D eigenvalue weighted by Crippen LogP contribution is 2.35. The molecule has 0 bridgehead atoms. The Morgan fingerprint density at radius 3 is 2.31 bits per heavy atom. The van der Waals surface area contributed by atoms with Gasteiger partial charge in [0.05, 0.1) is 27.4 Å². The molecule has 1 saturated heterocycles. The number of amides is 1. The molecule has 1 aliphatic rings. The second-order valence-electron chi connectivity index (χ2n) is 6.94. The van der Waals surface area contributed by atoms with Gasteiger partial charge in [-0.05, 0) is 71.7 Å². The third-order valence-corrected chi connectivity index (χ3v) is 6.01. The lowest BCUT2D eigenvalue weighted by Gasteiger charge is -2.28. The van der Waals surface area contributed by atoms with Crippen LogP contribution in [0.3, 0.4) is 0 Å². The van der Waals surface area contributed by atoms with Crippen LogP contribution < -0.4 is 19.5 Å². The zero-order valence-electron chi connectivity index (χ0n) is 17.0. The molecular formula is C22H27BrN2O4. The van der Waals surface area contributed by atoms with Crippen LogP contribution in [0.2, 0.25) is 0 Å². The summed E-state index contributed by atoms with van der Waals surface area (Å²) in [4.78, 5) is 15.3. The van der Waals surface area contributed by atoms with Crippen molar-refractivity contribution in [3.8, 4) is 17.2 Å². The van der Waals surface area contributed by atoms with E-state index in [4.69, 9.17) is 14.2 Å². The van der Waals surface area contributed by atoms with Crippen LogP contribution in [0.25, 0.3) is 0 Å². The molecule has 0 aromatic heterocycles. The molecule has 6 nitrogen and oxygen atoms in total. The Hall–Kier alpha value is -2.25. The second kappa shape index (κ2) is 9.98. The van der Waals surface area contributed by atoms with E-state index in [2.05, 4.69) is 32.2 Å². The molecule has 1 amide bonds. The van der Waals surface area contributed by atoms with Gasteiger partial charge in [-0.25, -0.2) is 0 Å². The molecule has 0 spiro atoms. The monoisotopic (exact) mass is 462 g/mol. The molecular weight excluding hydrogens is 436 g/mol. The summed E-state index contributed by atoms with van der Waals surface area (Å²) < 4.78 is 16.8. The van der Waals surface area contributed by atoms with Crippen LogP contribution in [0.15, 0.2) is 40.9 Å². The smallest absolute Gasteiger partial charge is 0.251 e. The predicted molar refractivity (Wildman–Crippen MR) is 116 cm³/mol. The van der Waals surface area contributed by atoms with Crippen LogP contribution in [0.4, 0.5) is 0 Å². The highest BCUT2D eigenvalue weighted by atomic mass is 79.9. The second-order valence-corrected chi connectivity index (χ2v) is 7.73. The Labute approximate surface area is 180 Å². The average molecular weight is 463 g/mol. The first kappa shape index (κ1) is 21.5. The van der Waals surface area contributed by atoms with Gasteiger partial charge in [-0.3, -0.25) is 9.69 Å². The molecule has 1 heterocycles. The predicted octanol–water partition coefficient (Wildman–Crippen LogP) is 4.04. The van der Waals surface area contributed by atoms with Crippen LogP contribution in [0.1, 0.15) is 34.8 Å². The summed E-state index contributed by atoms with van der Waals surface area (Å²) in [6.07, 6.45) is 2.35. The van der Waals surface area contributed by atoms with Crippen LogP contribution in [-0.4, -0.2) is 51.8 Å². The number of ether oxygens (including phenoxy) is 3. The number of likely N-dealkylation sites (tertiary alicyclic amines) is 1. The van der Waals surface area contributed by atoms with Gasteiger partial charge >= 0.3 is 0 Å². The van der Waals surface area contributed by atoms with E-state index in [9.17, 15) is 4.79 Å². The normalized spacial score (nSPS) is 15.0. The molecule has 0 aliphatic carbocycles. The standard InChI is InChI=1S/C22H27BrN2O4/c1-27-17-8-6-7-15(11-17)18(25-9-4-5-10-25)14-24-22(26)16-12-19(28-2)21(23)20(13-16)29-3/h6-8,11-13,18H,4-5,9-10,14H2,1-3H3,(H,24,26). The molecule has 1 N–H and O–H groups in total. The lowest BCUT2D eigenvalue weighted by molar-refractivity contribution is 0.0937. The third-order valence-electron chi connectivity index (χ3n) is 5.22. The number of hydrogen-bond donors (Lipinski definition) is 1. The number of nitrogens with one attached hydrogen (secondary N) is 1. The molecule has 2 aromatic rings. The number of hydrogen-bond acceptors (Lipinski definition) is 5. The van der Waals surface area contributed by atoms with Gasteiger partial charge < -0.3 is 19.5 Å². The Balaban J connectivity index is 1.79. The lowest BCUT2D eigenvalue weighted by Crippen LogP contribution is -2.36. The lowest BCUT2D eigenvalue weighted by atomic mass is 10.0. The van der Waals surface area contributed by atoms with Crippen molar-refractivity contribution in [3.63, 3.8) is 0 Å². The topological polar surface area (TPSA) is 60.0 Å². The summed E-state index contributed by atoms with van der Waals surface area (Å²) in [5.74, 6) is 1.76. The molecule has 156 valence electrons. The van der Waals surface area contributed by atoms with E-state index < -0.39 is 0 Å². The van der Waals surface area contributed by atoms with Crippen molar-refractivity contribution in [2.45, 2.75) is 18.9 Å². The highest BCUT2D eigenvalue weighted by Gasteiger charge is 2.25. The highest BCUT2D eigenvalue weighted by molar-refractivity contribution is 9.10. The number of halogens is 1. The van der Waals surface area contributed by atoms with Gasteiger partial charge in [0.2, 0.25) is 0 Å². The number of methoxy groups -OCH3 is 3. The maximum atomic E-state index is 12.9. The van der Waals surface area contributed by atoms with E-state index in [1.165, 1.54) is 12.8 Å². The molecule has 1 aliphatic heterocycles. The molecule has 3 rings (SSSR count). The van der Waals surface area contributed by atoms with E-state index >= 15 is 0 Å². The van der Waals surface area contributed by atoms with Crippen LogP contribution in [0.5, 0.6) is 17.2 Å². The van der Waals surface area contributed by atoms with Crippen molar-refractivity contribution in [1.82, 2.24) is 10.2 Å². The number of carbonyl (C=O) groups excluding carboxylic acids is 1. The van der Waals surface area contributed by atoms with Gasteiger partial charge in [0.15, 0.2) is 0 Å². The first-order chi connectivity index (χ1) is 14.1.